The highest BCUT2D eigenvalue weighted by Gasteiger charge is 2.21. The summed E-state index contributed by atoms with van der Waals surface area (Å²) < 4.78 is 11.1. The average Bonchev–Trinajstić information content (AvgIpc) is 2.36. The third-order valence-electron chi connectivity index (χ3n) is 3.69. The van der Waals surface area contributed by atoms with E-state index in [0.29, 0.717) is 13.2 Å². The third kappa shape index (κ3) is 2.61. The summed E-state index contributed by atoms with van der Waals surface area (Å²) in [5.41, 5.74) is 1.35. The first kappa shape index (κ1) is 11.8. The van der Waals surface area contributed by atoms with Crippen molar-refractivity contribution in [2.24, 2.45) is 5.92 Å². The van der Waals surface area contributed by atoms with Gasteiger partial charge in [0, 0.05) is 13.1 Å². The Hall–Kier alpha value is -1.22. The third-order valence-corrected chi connectivity index (χ3v) is 3.69. The quantitative estimate of drug-likeness (QED) is 0.815. The molecule has 2 heterocycles. The van der Waals surface area contributed by atoms with Gasteiger partial charge in [-0.1, -0.05) is 13.0 Å². The van der Waals surface area contributed by atoms with Crippen LogP contribution in [0.1, 0.15) is 18.9 Å². The highest BCUT2D eigenvalue weighted by Crippen LogP contribution is 2.31. The fourth-order valence-electron chi connectivity index (χ4n) is 2.76. The molecule has 2 aliphatic heterocycles. The number of benzene rings is 1. The Kier molecular flexibility index (Phi) is 3.41. The van der Waals surface area contributed by atoms with Crippen molar-refractivity contribution < 1.29 is 9.47 Å². The highest BCUT2D eigenvalue weighted by molar-refractivity contribution is 5.43. The maximum atomic E-state index is 5.60. The van der Waals surface area contributed by atoms with Crippen LogP contribution in [0, 0.1) is 5.92 Å². The van der Waals surface area contributed by atoms with Crippen molar-refractivity contribution in [3.63, 3.8) is 0 Å². The topological polar surface area (TPSA) is 21.7 Å². The summed E-state index contributed by atoms with van der Waals surface area (Å²) in [4.78, 5) is 2.53. The molecule has 0 atom stereocenters. The van der Waals surface area contributed by atoms with Gasteiger partial charge in [-0.15, -0.1) is 0 Å². The van der Waals surface area contributed by atoms with Crippen LogP contribution < -0.4 is 9.47 Å². The number of hydrogen-bond acceptors (Lipinski definition) is 3. The largest absolute Gasteiger partial charge is 0.486 e. The summed E-state index contributed by atoms with van der Waals surface area (Å²) in [5, 5.41) is 0. The molecule has 0 unspecified atom stereocenters. The van der Waals surface area contributed by atoms with Gasteiger partial charge in [0.1, 0.15) is 13.2 Å². The monoisotopic (exact) mass is 247 g/mol. The first-order valence-corrected chi connectivity index (χ1v) is 6.92. The Labute approximate surface area is 109 Å². The number of hydrogen-bond donors (Lipinski definition) is 0. The Morgan fingerprint density at radius 1 is 1.17 bits per heavy atom. The van der Waals surface area contributed by atoms with Crippen LogP contribution in [0.25, 0.3) is 0 Å². The van der Waals surface area contributed by atoms with Crippen LogP contribution in [0.5, 0.6) is 11.5 Å². The van der Waals surface area contributed by atoms with Crippen molar-refractivity contribution in [2.45, 2.75) is 19.8 Å². The molecular formula is C15H21NO2. The van der Waals surface area contributed by atoms with Crippen molar-refractivity contribution >= 4 is 0 Å². The lowest BCUT2D eigenvalue weighted by molar-refractivity contribution is 0.112. The van der Waals surface area contributed by atoms with Gasteiger partial charge < -0.3 is 14.4 Å². The van der Waals surface area contributed by atoms with Gasteiger partial charge in [-0.2, -0.15) is 0 Å². The summed E-state index contributed by atoms with van der Waals surface area (Å²) in [6.45, 7) is 7.43. The van der Waals surface area contributed by atoms with Crippen LogP contribution in [0.4, 0.5) is 0 Å². The highest BCUT2D eigenvalue weighted by atomic mass is 16.6. The molecule has 0 N–H and O–H groups in total. The van der Waals surface area contributed by atoms with E-state index in [2.05, 4.69) is 24.0 Å². The SMILES string of the molecule is CC1CN(CCCc2ccc3c(c2)OCCO3)C1. The molecule has 0 spiro atoms. The summed E-state index contributed by atoms with van der Waals surface area (Å²) in [6, 6.07) is 6.33. The van der Waals surface area contributed by atoms with E-state index in [1.165, 1.54) is 31.6 Å². The number of ether oxygens (including phenoxy) is 2. The molecule has 3 nitrogen and oxygen atoms in total. The molecule has 0 radical (unpaired) electrons. The Balaban J connectivity index is 1.50. The van der Waals surface area contributed by atoms with Crippen LogP contribution in [0.15, 0.2) is 18.2 Å². The fourth-order valence-corrected chi connectivity index (χ4v) is 2.76. The minimum Gasteiger partial charge on any atom is -0.486 e. The second-order valence-electron chi connectivity index (χ2n) is 5.45. The van der Waals surface area contributed by atoms with Crippen molar-refractivity contribution in [3.05, 3.63) is 23.8 Å². The number of aryl methyl sites for hydroxylation is 1. The molecule has 3 rings (SSSR count). The van der Waals surface area contributed by atoms with Crippen molar-refractivity contribution in [1.82, 2.24) is 4.90 Å². The summed E-state index contributed by atoms with van der Waals surface area (Å²) >= 11 is 0. The first-order valence-electron chi connectivity index (χ1n) is 6.92. The van der Waals surface area contributed by atoms with E-state index >= 15 is 0 Å². The Morgan fingerprint density at radius 3 is 2.72 bits per heavy atom. The molecule has 0 saturated carbocycles. The zero-order valence-electron chi connectivity index (χ0n) is 11.0. The molecule has 1 saturated heterocycles. The second-order valence-corrected chi connectivity index (χ2v) is 5.45. The molecule has 98 valence electrons. The Bertz CT molecular complexity index is 413. The van der Waals surface area contributed by atoms with E-state index < -0.39 is 0 Å². The molecule has 1 aromatic rings. The van der Waals surface area contributed by atoms with E-state index in [0.717, 1.165) is 23.8 Å². The minimum atomic E-state index is 0.666. The molecule has 0 aliphatic carbocycles. The molecule has 3 heteroatoms. The molecule has 0 bridgehead atoms. The molecule has 1 aromatic carbocycles. The van der Waals surface area contributed by atoms with Gasteiger partial charge in [0.15, 0.2) is 11.5 Å². The van der Waals surface area contributed by atoms with Gasteiger partial charge in [-0.3, -0.25) is 0 Å². The number of fused-ring (bicyclic) bond motifs is 1. The zero-order valence-corrected chi connectivity index (χ0v) is 11.0. The molecular weight excluding hydrogens is 226 g/mol. The van der Waals surface area contributed by atoms with Crippen LogP contribution >= 0.6 is 0 Å². The van der Waals surface area contributed by atoms with Gasteiger partial charge in [-0.05, 0) is 43.0 Å². The van der Waals surface area contributed by atoms with Gasteiger partial charge in [0.05, 0.1) is 0 Å². The molecule has 0 amide bonds. The Morgan fingerprint density at radius 2 is 1.94 bits per heavy atom. The second kappa shape index (κ2) is 5.19. The van der Waals surface area contributed by atoms with E-state index in [9.17, 15) is 0 Å². The van der Waals surface area contributed by atoms with E-state index in [4.69, 9.17) is 9.47 Å². The predicted molar refractivity (Wildman–Crippen MR) is 71.4 cm³/mol. The summed E-state index contributed by atoms with van der Waals surface area (Å²) in [7, 11) is 0. The summed E-state index contributed by atoms with van der Waals surface area (Å²) in [6.07, 6.45) is 2.36. The lowest BCUT2D eigenvalue weighted by Gasteiger charge is -2.37. The van der Waals surface area contributed by atoms with Gasteiger partial charge in [-0.25, -0.2) is 0 Å². The lowest BCUT2D eigenvalue weighted by Crippen LogP contribution is -2.45. The number of rotatable bonds is 4. The van der Waals surface area contributed by atoms with E-state index in [-0.39, 0.29) is 0 Å². The predicted octanol–water partition coefficient (Wildman–Crippen LogP) is 2.34. The molecule has 0 aromatic heterocycles. The van der Waals surface area contributed by atoms with E-state index in [1.54, 1.807) is 0 Å². The number of likely N-dealkylation sites (tertiary alicyclic amines) is 1. The lowest BCUT2D eigenvalue weighted by atomic mass is 10.0. The zero-order chi connectivity index (χ0) is 12.4. The molecule has 1 fully saturated rings. The van der Waals surface area contributed by atoms with Crippen LogP contribution in [0.2, 0.25) is 0 Å². The maximum Gasteiger partial charge on any atom is 0.161 e. The van der Waals surface area contributed by atoms with Crippen molar-refractivity contribution in [3.8, 4) is 11.5 Å². The fraction of sp³-hybridized carbons (Fsp3) is 0.600. The maximum absolute atomic E-state index is 5.60. The van der Waals surface area contributed by atoms with Gasteiger partial charge in [0.2, 0.25) is 0 Å². The van der Waals surface area contributed by atoms with Crippen LogP contribution in [0.3, 0.4) is 0 Å². The molecule has 18 heavy (non-hydrogen) atoms. The van der Waals surface area contributed by atoms with Crippen LogP contribution in [-0.2, 0) is 6.42 Å². The van der Waals surface area contributed by atoms with E-state index in [1.807, 2.05) is 6.07 Å². The van der Waals surface area contributed by atoms with Crippen molar-refractivity contribution in [1.29, 1.82) is 0 Å². The van der Waals surface area contributed by atoms with Crippen molar-refractivity contribution in [2.75, 3.05) is 32.8 Å². The smallest absolute Gasteiger partial charge is 0.161 e. The van der Waals surface area contributed by atoms with Gasteiger partial charge >= 0.3 is 0 Å². The summed E-state index contributed by atoms with van der Waals surface area (Å²) in [5.74, 6) is 2.71. The number of nitrogens with zero attached hydrogens (tertiary/aromatic N) is 1. The first-order chi connectivity index (χ1) is 8.81. The average molecular weight is 247 g/mol. The minimum absolute atomic E-state index is 0.666. The van der Waals surface area contributed by atoms with Gasteiger partial charge in [0.25, 0.3) is 0 Å². The van der Waals surface area contributed by atoms with Crippen LogP contribution in [-0.4, -0.2) is 37.7 Å². The molecule has 2 aliphatic rings. The normalized spacial score (nSPS) is 19.6. The standard InChI is InChI=1S/C15H21NO2/c1-12-10-16(11-12)6-2-3-13-4-5-14-15(9-13)18-8-7-17-14/h4-5,9,12H,2-3,6-8,10-11H2,1H3.